The van der Waals surface area contributed by atoms with Crippen LogP contribution in [0.3, 0.4) is 0 Å². The van der Waals surface area contributed by atoms with Gasteiger partial charge < -0.3 is 10.4 Å². The van der Waals surface area contributed by atoms with Crippen molar-refractivity contribution in [1.82, 2.24) is 14.9 Å². The van der Waals surface area contributed by atoms with Crippen LogP contribution in [0.4, 0.5) is 10.2 Å². The van der Waals surface area contributed by atoms with Crippen molar-refractivity contribution in [3.63, 3.8) is 0 Å². The van der Waals surface area contributed by atoms with E-state index in [0.717, 1.165) is 19.4 Å². The highest BCUT2D eigenvalue weighted by atomic mass is 19.1. The van der Waals surface area contributed by atoms with Crippen molar-refractivity contribution in [3.05, 3.63) is 17.8 Å². The van der Waals surface area contributed by atoms with Crippen molar-refractivity contribution >= 4 is 11.8 Å². The first kappa shape index (κ1) is 16.1. The van der Waals surface area contributed by atoms with Gasteiger partial charge in [-0.25, -0.2) is 14.4 Å². The molecule has 0 unspecified atom stereocenters. The van der Waals surface area contributed by atoms with Crippen LogP contribution < -0.4 is 5.32 Å². The summed E-state index contributed by atoms with van der Waals surface area (Å²) in [5.74, 6) is -0.240. The molecule has 1 aromatic rings. The molecule has 2 N–H and O–H groups in total. The number of nitrogens with one attached hydrogen (secondary N) is 1. The van der Waals surface area contributed by atoms with E-state index in [-0.39, 0.29) is 30.3 Å². The Hall–Kier alpha value is -1.76. The van der Waals surface area contributed by atoms with Crippen LogP contribution in [0.2, 0.25) is 0 Å². The van der Waals surface area contributed by atoms with E-state index in [9.17, 15) is 9.18 Å². The second-order valence-electron chi connectivity index (χ2n) is 6.57. The highest BCUT2D eigenvalue weighted by molar-refractivity contribution is 5.69. The summed E-state index contributed by atoms with van der Waals surface area (Å²) in [6.07, 6.45) is 5.97. The van der Waals surface area contributed by atoms with Crippen molar-refractivity contribution in [3.8, 4) is 0 Å². The number of anilines is 1. The number of carboxylic acid groups (broad SMARTS) is 1. The lowest BCUT2D eigenvalue weighted by molar-refractivity contribution is -0.139. The zero-order valence-electron chi connectivity index (χ0n) is 13.3. The van der Waals surface area contributed by atoms with Gasteiger partial charge in [0, 0.05) is 18.6 Å². The molecule has 0 aromatic carbocycles. The van der Waals surface area contributed by atoms with E-state index in [2.05, 4.69) is 20.2 Å². The summed E-state index contributed by atoms with van der Waals surface area (Å²) >= 11 is 0. The van der Waals surface area contributed by atoms with Gasteiger partial charge in [-0.15, -0.1) is 0 Å². The Morgan fingerprint density at radius 2 is 2.17 bits per heavy atom. The third-order valence-electron chi connectivity index (χ3n) is 4.69. The van der Waals surface area contributed by atoms with Gasteiger partial charge in [0.2, 0.25) is 0 Å². The van der Waals surface area contributed by atoms with Gasteiger partial charge in [0.15, 0.2) is 11.6 Å². The molecule has 23 heavy (non-hydrogen) atoms. The van der Waals surface area contributed by atoms with Gasteiger partial charge in [0.25, 0.3) is 0 Å². The number of rotatable bonds is 8. The van der Waals surface area contributed by atoms with E-state index < -0.39 is 5.97 Å². The lowest BCUT2D eigenvalue weighted by Crippen LogP contribution is -2.52. The normalized spacial score (nSPS) is 23.6. The highest BCUT2D eigenvalue weighted by Gasteiger charge is 2.37. The molecule has 0 bridgehead atoms. The Kier molecular flexibility index (Phi) is 4.75. The van der Waals surface area contributed by atoms with Crippen LogP contribution in [0.25, 0.3) is 0 Å². The van der Waals surface area contributed by atoms with E-state index in [1.807, 2.05) is 6.92 Å². The Labute approximate surface area is 135 Å². The lowest BCUT2D eigenvalue weighted by Gasteiger charge is -2.43. The average molecular weight is 322 g/mol. The number of nitrogens with zero attached hydrogens (tertiary/aromatic N) is 3. The summed E-state index contributed by atoms with van der Waals surface area (Å²) in [5, 5.41) is 12.2. The zero-order valence-corrected chi connectivity index (χ0v) is 13.3. The molecule has 0 amide bonds. The van der Waals surface area contributed by atoms with Crippen molar-refractivity contribution in [2.24, 2.45) is 5.92 Å². The number of aryl methyl sites for hydroxylation is 1. The fourth-order valence-electron chi connectivity index (χ4n) is 3.10. The molecular weight excluding hydrogens is 299 g/mol. The summed E-state index contributed by atoms with van der Waals surface area (Å²) in [5.41, 5.74) is 0.416. The van der Waals surface area contributed by atoms with Crippen molar-refractivity contribution < 1.29 is 14.3 Å². The van der Waals surface area contributed by atoms with Crippen LogP contribution in [0, 0.1) is 11.7 Å². The van der Waals surface area contributed by atoms with Crippen LogP contribution >= 0.6 is 0 Å². The molecule has 7 heteroatoms. The maximum atomic E-state index is 14.1. The number of carboxylic acids is 1. The summed E-state index contributed by atoms with van der Waals surface area (Å²) in [7, 11) is 0. The molecule has 0 atom stereocenters. The smallest absolute Gasteiger partial charge is 0.317 e. The molecule has 0 spiro atoms. The molecule has 3 rings (SSSR count). The SMILES string of the molecule is CCc1ncnc(NC2CC(N(CC(=O)O)CC3CC3)C2)c1F. The molecular formula is C16H23FN4O2. The van der Waals surface area contributed by atoms with Gasteiger partial charge in [0.1, 0.15) is 6.33 Å². The van der Waals surface area contributed by atoms with Crippen molar-refractivity contribution in [1.29, 1.82) is 0 Å². The molecule has 1 aromatic heterocycles. The second kappa shape index (κ2) is 6.78. The molecule has 0 aliphatic heterocycles. The Bertz CT molecular complexity index is 573. The minimum absolute atomic E-state index is 0.0930. The summed E-state index contributed by atoms with van der Waals surface area (Å²) < 4.78 is 14.1. The Morgan fingerprint density at radius 3 is 2.78 bits per heavy atom. The predicted octanol–water partition coefficient (Wildman–Crippen LogP) is 1.92. The molecule has 2 aliphatic carbocycles. The monoisotopic (exact) mass is 322 g/mol. The quantitative estimate of drug-likeness (QED) is 0.761. The summed E-state index contributed by atoms with van der Waals surface area (Å²) in [6, 6.07) is 0.407. The summed E-state index contributed by atoms with van der Waals surface area (Å²) in [4.78, 5) is 21.0. The standard InChI is InChI=1S/C16H23FN4O2/c1-2-13-15(17)16(19-9-18-13)20-11-5-12(6-11)21(8-14(22)23)7-10-3-4-10/h9-12H,2-8H2,1H3,(H,22,23)(H,18,19,20). The van der Waals surface area contributed by atoms with E-state index in [4.69, 9.17) is 5.11 Å². The molecule has 0 radical (unpaired) electrons. The van der Waals surface area contributed by atoms with Crippen LogP contribution in [0.15, 0.2) is 6.33 Å². The minimum Gasteiger partial charge on any atom is -0.480 e. The average Bonchev–Trinajstić information content (AvgIpc) is 3.26. The van der Waals surface area contributed by atoms with Crippen LogP contribution in [0.1, 0.15) is 38.3 Å². The van der Waals surface area contributed by atoms with Gasteiger partial charge in [-0.3, -0.25) is 9.69 Å². The highest BCUT2D eigenvalue weighted by Crippen LogP contribution is 2.34. The third-order valence-corrected chi connectivity index (χ3v) is 4.69. The number of aromatic nitrogens is 2. The fourth-order valence-corrected chi connectivity index (χ4v) is 3.10. The maximum Gasteiger partial charge on any atom is 0.317 e. The van der Waals surface area contributed by atoms with Crippen LogP contribution in [-0.2, 0) is 11.2 Å². The molecule has 6 nitrogen and oxygen atoms in total. The number of hydrogen-bond donors (Lipinski definition) is 2. The summed E-state index contributed by atoms with van der Waals surface area (Å²) in [6.45, 7) is 2.82. The number of halogens is 1. The molecule has 126 valence electrons. The number of hydrogen-bond acceptors (Lipinski definition) is 5. The van der Waals surface area contributed by atoms with E-state index in [1.165, 1.54) is 19.2 Å². The molecule has 2 fully saturated rings. The third kappa shape index (κ3) is 3.96. The van der Waals surface area contributed by atoms with Crippen molar-refractivity contribution in [2.75, 3.05) is 18.4 Å². The van der Waals surface area contributed by atoms with Crippen LogP contribution in [-0.4, -0.2) is 51.1 Å². The van der Waals surface area contributed by atoms with Gasteiger partial charge in [0.05, 0.1) is 12.2 Å². The van der Waals surface area contributed by atoms with E-state index >= 15 is 0 Å². The lowest BCUT2D eigenvalue weighted by atomic mass is 9.85. The number of aliphatic carboxylic acids is 1. The first-order valence-electron chi connectivity index (χ1n) is 8.28. The maximum absolute atomic E-state index is 14.1. The minimum atomic E-state index is -0.781. The zero-order chi connectivity index (χ0) is 16.4. The number of carbonyl (C=O) groups is 1. The first-order chi connectivity index (χ1) is 11.1. The Balaban J connectivity index is 1.54. The predicted molar refractivity (Wildman–Crippen MR) is 83.7 cm³/mol. The van der Waals surface area contributed by atoms with Gasteiger partial charge >= 0.3 is 5.97 Å². The largest absolute Gasteiger partial charge is 0.480 e. The molecule has 0 saturated heterocycles. The second-order valence-corrected chi connectivity index (χ2v) is 6.57. The van der Waals surface area contributed by atoms with Crippen LogP contribution in [0.5, 0.6) is 0 Å². The molecule has 1 heterocycles. The van der Waals surface area contributed by atoms with E-state index in [0.29, 0.717) is 18.0 Å². The van der Waals surface area contributed by atoms with E-state index in [1.54, 1.807) is 0 Å². The molecule has 2 aliphatic rings. The Morgan fingerprint density at radius 1 is 1.43 bits per heavy atom. The topological polar surface area (TPSA) is 78.4 Å². The molecule has 2 saturated carbocycles. The van der Waals surface area contributed by atoms with Gasteiger partial charge in [-0.05, 0) is 38.0 Å². The van der Waals surface area contributed by atoms with Crippen molar-refractivity contribution in [2.45, 2.75) is 51.1 Å². The fraction of sp³-hybridized carbons (Fsp3) is 0.688. The first-order valence-corrected chi connectivity index (χ1v) is 8.28. The van der Waals surface area contributed by atoms with Gasteiger partial charge in [-0.2, -0.15) is 0 Å². The van der Waals surface area contributed by atoms with Gasteiger partial charge in [-0.1, -0.05) is 6.92 Å².